The highest BCUT2D eigenvalue weighted by atomic mass is 16.2. The Balaban J connectivity index is 2.53. The van der Waals surface area contributed by atoms with E-state index < -0.39 is 11.8 Å². The molecule has 0 saturated heterocycles. The molecule has 2 aliphatic rings. The van der Waals surface area contributed by atoms with E-state index in [0.717, 1.165) is 0 Å². The molecule has 0 radical (unpaired) electrons. The lowest BCUT2D eigenvalue weighted by atomic mass is 10.1. The molecular formula is C7H5N3O2. The second kappa shape index (κ2) is 2.04. The maximum absolute atomic E-state index is 11.2. The lowest BCUT2D eigenvalue weighted by Crippen LogP contribution is -2.27. The van der Waals surface area contributed by atoms with Crippen LogP contribution >= 0.6 is 0 Å². The number of rotatable bonds is 0. The quantitative estimate of drug-likeness (QED) is 0.470. The zero-order valence-corrected chi connectivity index (χ0v) is 6.00. The Hall–Kier alpha value is -1.91. The van der Waals surface area contributed by atoms with Crippen LogP contribution in [0.2, 0.25) is 0 Å². The van der Waals surface area contributed by atoms with E-state index in [9.17, 15) is 9.59 Å². The number of aliphatic imine (C=N–C) groups is 1. The number of Topliss-reactive ketones (excluding diaryl/α,β-unsaturated/α-hetero) is 1. The molecular weight excluding hydrogens is 158 g/mol. The first kappa shape index (κ1) is 6.78. The van der Waals surface area contributed by atoms with Crippen LogP contribution in [-0.2, 0) is 4.79 Å². The maximum atomic E-state index is 11.2. The van der Waals surface area contributed by atoms with Gasteiger partial charge in [-0.1, -0.05) is 0 Å². The molecule has 0 unspecified atom stereocenters. The largest absolute Gasteiger partial charge is 0.395 e. The van der Waals surface area contributed by atoms with E-state index in [-0.39, 0.29) is 11.4 Å². The second-order valence-electron chi connectivity index (χ2n) is 2.42. The van der Waals surface area contributed by atoms with Gasteiger partial charge in [0.25, 0.3) is 0 Å². The second-order valence-corrected chi connectivity index (χ2v) is 2.42. The Bertz CT molecular complexity index is 376. The van der Waals surface area contributed by atoms with Crippen LogP contribution < -0.4 is 11.1 Å². The minimum Gasteiger partial charge on any atom is -0.395 e. The molecule has 0 aromatic carbocycles. The predicted molar refractivity (Wildman–Crippen MR) is 41.3 cm³/mol. The number of ketones is 1. The van der Waals surface area contributed by atoms with Crippen LogP contribution in [0.4, 0.5) is 4.79 Å². The molecule has 2 rings (SSSR count). The van der Waals surface area contributed by atoms with Gasteiger partial charge in [-0.05, 0) is 12.2 Å². The van der Waals surface area contributed by atoms with Crippen molar-refractivity contribution >= 4 is 17.5 Å². The standard InChI is InChI=1S/C7H5N3O2/c8-3-1-2-4-5(6(3)11)10-7(12)9-4/h1-2H,8H2,(H,9,12). The molecule has 3 N–H and O–H groups in total. The van der Waals surface area contributed by atoms with Gasteiger partial charge in [-0.3, -0.25) is 4.79 Å². The van der Waals surface area contributed by atoms with E-state index in [1.54, 1.807) is 6.08 Å². The van der Waals surface area contributed by atoms with E-state index >= 15 is 0 Å². The van der Waals surface area contributed by atoms with Crippen molar-refractivity contribution in [1.82, 2.24) is 5.32 Å². The van der Waals surface area contributed by atoms with E-state index in [1.807, 2.05) is 0 Å². The summed E-state index contributed by atoms with van der Waals surface area (Å²) in [6, 6.07) is -0.521. The van der Waals surface area contributed by atoms with Crippen molar-refractivity contribution in [1.29, 1.82) is 0 Å². The van der Waals surface area contributed by atoms with Crippen LogP contribution in [0, 0.1) is 0 Å². The number of nitrogens with two attached hydrogens (primary N) is 1. The molecule has 0 aromatic heterocycles. The number of urea groups is 1. The molecule has 2 amide bonds. The van der Waals surface area contributed by atoms with Crippen LogP contribution in [0.1, 0.15) is 0 Å². The zero-order chi connectivity index (χ0) is 8.72. The van der Waals surface area contributed by atoms with Gasteiger partial charge in [-0.15, -0.1) is 0 Å². The van der Waals surface area contributed by atoms with Crippen molar-refractivity contribution in [2.45, 2.75) is 0 Å². The van der Waals surface area contributed by atoms with Crippen LogP contribution in [0.25, 0.3) is 0 Å². The summed E-state index contributed by atoms with van der Waals surface area (Å²) in [6.07, 6.45) is 3.00. The molecule has 0 fully saturated rings. The minimum atomic E-state index is -0.521. The van der Waals surface area contributed by atoms with E-state index in [1.165, 1.54) is 6.08 Å². The number of hydrogen-bond acceptors (Lipinski definition) is 3. The summed E-state index contributed by atoms with van der Waals surface area (Å²) in [7, 11) is 0. The third kappa shape index (κ3) is 0.763. The molecule has 0 aromatic rings. The topological polar surface area (TPSA) is 84.5 Å². The molecule has 0 spiro atoms. The van der Waals surface area contributed by atoms with Crippen molar-refractivity contribution in [2.24, 2.45) is 10.7 Å². The van der Waals surface area contributed by atoms with Crippen LogP contribution in [0.3, 0.4) is 0 Å². The van der Waals surface area contributed by atoms with Gasteiger partial charge >= 0.3 is 6.03 Å². The summed E-state index contributed by atoms with van der Waals surface area (Å²) in [5.41, 5.74) is 5.97. The van der Waals surface area contributed by atoms with Crippen molar-refractivity contribution in [2.75, 3.05) is 0 Å². The summed E-state index contributed by atoms with van der Waals surface area (Å²) >= 11 is 0. The summed E-state index contributed by atoms with van der Waals surface area (Å²) in [6.45, 7) is 0. The number of nitrogens with one attached hydrogen (secondary N) is 1. The van der Waals surface area contributed by atoms with Crippen LogP contribution in [0.5, 0.6) is 0 Å². The SMILES string of the molecule is NC1=CC=C2NC(=O)N=C2C1=O. The fraction of sp³-hybridized carbons (Fsp3) is 0. The number of amides is 2. The van der Waals surface area contributed by atoms with Gasteiger partial charge in [0.2, 0.25) is 5.78 Å². The third-order valence-corrected chi connectivity index (χ3v) is 1.62. The molecule has 60 valence electrons. The van der Waals surface area contributed by atoms with Crippen molar-refractivity contribution in [3.63, 3.8) is 0 Å². The Morgan fingerprint density at radius 1 is 1.33 bits per heavy atom. The summed E-state index contributed by atoms with van der Waals surface area (Å²) in [5.74, 6) is -0.397. The van der Waals surface area contributed by atoms with Crippen molar-refractivity contribution in [3.8, 4) is 0 Å². The maximum Gasteiger partial charge on any atom is 0.346 e. The van der Waals surface area contributed by atoms with Crippen LogP contribution in [-0.4, -0.2) is 17.5 Å². The van der Waals surface area contributed by atoms with Gasteiger partial charge in [0.05, 0.1) is 11.4 Å². The first-order chi connectivity index (χ1) is 5.68. The average molecular weight is 163 g/mol. The van der Waals surface area contributed by atoms with Gasteiger partial charge in [-0.2, -0.15) is 4.99 Å². The number of hydrogen-bond donors (Lipinski definition) is 2. The summed E-state index contributed by atoms with van der Waals surface area (Å²) in [5, 5.41) is 2.40. The summed E-state index contributed by atoms with van der Waals surface area (Å²) in [4.78, 5) is 25.4. The first-order valence-corrected chi connectivity index (χ1v) is 3.30. The third-order valence-electron chi connectivity index (χ3n) is 1.62. The molecule has 0 atom stereocenters. The normalized spacial score (nSPS) is 20.8. The zero-order valence-electron chi connectivity index (χ0n) is 6.00. The molecule has 0 saturated carbocycles. The van der Waals surface area contributed by atoms with Crippen molar-refractivity contribution < 1.29 is 9.59 Å². The van der Waals surface area contributed by atoms with Gasteiger partial charge in [-0.25, -0.2) is 4.79 Å². The van der Waals surface area contributed by atoms with E-state index in [2.05, 4.69) is 10.3 Å². The fourth-order valence-electron chi connectivity index (χ4n) is 1.04. The number of allylic oxidation sites excluding steroid dienone is 4. The monoisotopic (exact) mass is 163 g/mol. The molecule has 12 heavy (non-hydrogen) atoms. The Morgan fingerprint density at radius 3 is 2.83 bits per heavy atom. The minimum absolute atomic E-state index is 0.106. The molecule has 1 aliphatic heterocycles. The average Bonchev–Trinajstić information content (AvgIpc) is 2.39. The number of fused-ring (bicyclic) bond motifs is 1. The van der Waals surface area contributed by atoms with Crippen molar-refractivity contribution in [3.05, 3.63) is 23.5 Å². The molecule has 5 nitrogen and oxygen atoms in total. The molecule has 1 heterocycles. The van der Waals surface area contributed by atoms with Gasteiger partial charge in [0.15, 0.2) is 0 Å². The fourth-order valence-corrected chi connectivity index (χ4v) is 1.04. The number of carbonyl (C=O) groups is 2. The first-order valence-electron chi connectivity index (χ1n) is 3.30. The number of carbonyl (C=O) groups excluding carboxylic acids is 2. The highest BCUT2D eigenvalue weighted by Gasteiger charge is 2.28. The smallest absolute Gasteiger partial charge is 0.346 e. The Kier molecular flexibility index (Phi) is 1.15. The van der Waals surface area contributed by atoms with Gasteiger partial charge in [0, 0.05) is 0 Å². The number of nitrogens with zero attached hydrogens (tertiary/aromatic N) is 1. The molecule has 1 aliphatic carbocycles. The Labute approximate surface area is 67.6 Å². The highest BCUT2D eigenvalue weighted by Crippen LogP contribution is 2.12. The molecule has 0 bridgehead atoms. The van der Waals surface area contributed by atoms with Crippen LogP contribution in [0.15, 0.2) is 28.5 Å². The van der Waals surface area contributed by atoms with E-state index in [4.69, 9.17) is 5.73 Å². The lowest BCUT2D eigenvalue weighted by Gasteiger charge is -2.05. The van der Waals surface area contributed by atoms with Gasteiger partial charge in [0.1, 0.15) is 5.71 Å². The highest BCUT2D eigenvalue weighted by molar-refractivity contribution is 6.54. The molecule has 5 heteroatoms. The Morgan fingerprint density at radius 2 is 2.08 bits per heavy atom. The predicted octanol–water partition coefficient (Wildman–Crippen LogP) is -0.540. The van der Waals surface area contributed by atoms with E-state index in [0.29, 0.717) is 5.70 Å². The summed E-state index contributed by atoms with van der Waals surface area (Å²) < 4.78 is 0. The lowest BCUT2D eigenvalue weighted by molar-refractivity contribution is -0.109. The van der Waals surface area contributed by atoms with Gasteiger partial charge < -0.3 is 11.1 Å².